The van der Waals surface area contributed by atoms with Crippen LogP contribution in [-0.2, 0) is 17.6 Å². The SMILES string of the molecule is CC(N)Cc1ccccc1CC(N)=O. The van der Waals surface area contributed by atoms with Gasteiger partial charge in [0, 0.05) is 6.04 Å². The van der Waals surface area contributed by atoms with Crippen molar-refractivity contribution >= 4 is 5.91 Å². The maximum atomic E-state index is 10.8. The highest BCUT2D eigenvalue weighted by molar-refractivity contribution is 5.77. The van der Waals surface area contributed by atoms with E-state index in [-0.39, 0.29) is 11.9 Å². The van der Waals surface area contributed by atoms with Crippen LogP contribution in [-0.4, -0.2) is 11.9 Å². The third-order valence-corrected chi connectivity index (χ3v) is 2.02. The first-order chi connectivity index (χ1) is 6.59. The van der Waals surface area contributed by atoms with Gasteiger partial charge < -0.3 is 11.5 Å². The normalized spacial score (nSPS) is 12.4. The molecule has 0 saturated heterocycles. The fourth-order valence-corrected chi connectivity index (χ4v) is 1.46. The maximum absolute atomic E-state index is 10.8. The number of hydrogen-bond acceptors (Lipinski definition) is 2. The molecule has 1 aromatic carbocycles. The molecule has 0 aromatic heterocycles. The molecule has 0 fully saturated rings. The molecule has 4 N–H and O–H groups in total. The van der Waals surface area contributed by atoms with Crippen molar-refractivity contribution < 1.29 is 4.79 Å². The summed E-state index contributed by atoms with van der Waals surface area (Å²) in [6.07, 6.45) is 1.08. The van der Waals surface area contributed by atoms with Crippen molar-refractivity contribution in [2.24, 2.45) is 11.5 Å². The molecule has 3 nitrogen and oxygen atoms in total. The number of nitrogens with two attached hydrogens (primary N) is 2. The summed E-state index contributed by atoms with van der Waals surface area (Å²) in [5, 5.41) is 0. The zero-order valence-corrected chi connectivity index (χ0v) is 8.36. The largest absolute Gasteiger partial charge is 0.369 e. The Hall–Kier alpha value is -1.35. The minimum absolute atomic E-state index is 0.101. The van der Waals surface area contributed by atoms with E-state index < -0.39 is 0 Å². The Balaban J connectivity index is 2.85. The van der Waals surface area contributed by atoms with E-state index >= 15 is 0 Å². The van der Waals surface area contributed by atoms with Crippen LogP contribution in [0.15, 0.2) is 24.3 Å². The molecule has 0 aliphatic rings. The average molecular weight is 192 g/mol. The van der Waals surface area contributed by atoms with Gasteiger partial charge in [-0.15, -0.1) is 0 Å². The molecule has 14 heavy (non-hydrogen) atoms. The molecule has 0 aliphatic heterocycles. The van der Waals surface area contributed by atoms with E-state index in [0.29, 0.717) is 6.42 Å². The van der Waals surface area contributed by atoms with Crippen LogP contribution in [0.25, 0.3) is 0 Å². The van der Waals surface area contributed by atoms with E-state index in [0.717, 1.165) is 17.5 Å². The molecule has 0 radical (unpaired) electrons. The second-order valence-corrected chi connectivity index (χ2v) is 3.59. The van der Waals surface area contributed by atoms with Gasteiger partial charge in [-0.1, -0.05) is 24.3 Å². The van der Waals surface area contributed by atoms with Crippen molar-refractivity contribution in [2.45, 2.75) is 25.8 Å². The molecule has 0 aliphatic carbocycles. The number of hydrogen-bond donors (Lipinski definition) is 2. The molecule has 1 unspecified atom stereocenters. The van der Waals surface area contributed by atoms with Gasteiger partial charge >= 0.3 is 0 Å². The molecule has 3 heteroatoms. The predicted octanol–water partition coefficient (Wildman–Crippen LogP) is 0.604. The van der Waals surface area contributed by atoms with Crippen molar-refractivity contribution in [1.29, 1.82) is 0 Å². The molecule has 0 saturated carbocycles. The van der Waals surface area contributed by atoms with Crippen LogP contribution in [0.2, 0.25) is 0 Å². The summed E-state index contributed by atoms with van der Waals surface area (Å²) >= 11 is 0. The van der Waals surface area contributed by atoms with E-state index in [9.17, 15) is 4.79 Å². The Morgan fingerprint density at radius 2 is 1.93 bits per heavy atom. The number of amides is 1. The summed E-state index contributed by atoms with van der Waals surface area (Å²) in [5.74, 6) is -0.304. The van der Waals surface area contributed by atoms with Crippen molar-refractivity contribution in [2.75, 3.05) is 0 Å². The first-order valence-electron chi connectivity index (χ1n) is 4.70. The third-order valence-electron chi connectivity index (χ3n) is 2.02. The number of carbonyl (C=O) groups is 1. The van der Waals surface area contributed by atoms with Crippen LogP contribution in [0.3, 0.4) is 0 Å². The zero-order valence-electron chi connectivity index (χ0n) is 8.36. The van der Waals surface area contributed by atoms with Gasteiger partial charge in [0.25, 0.3) is 0 Å². The summed E-state index contributed by atoms with van der Waals surface area (Å²) in [6.45, 7) is 1.95. The minimum atomic E-state index is -0.304. The van der Waals surface area contributed by atoms with Crippen LogP contribution in [0.1, 0.15) is 18.1 Å². The number of benzene rings is 1. The van der Waals surface area contributed by atoms with E-state index in [2.05, 4.69) is 0 Å². The second-order valence-electron chi connectivity index (χ2n) is 3.59. The van der Waals surface area contributed by atoms with Crippen LogP contribution >= 0.6 is 0 Å². The third kappa shape index (κ3) is 3.18. The highest BCUT2D eigenvalue weighted by atomic mass is 16.1. The van der Waals surface area contributed by atoms with Crippen LogP contribution in [0, 0.1) is 0 Å². The standard InChI is InChI=1S/C11H16N2O/c1-8(12)6-9-4-2-3-5-10(9)7-11(13)14/h2-5,8H,6-7,12H2,1H3,(H2,13,14). The molecule has 0 heterocycles. The lowest BCUT2D eigenvalue weighted by molar-refractivity contribution is -0.117. The lowest BCUT2D eigenvalue weighted by Crippen LogP contribution is -2.20. The summed E-state index contributed by atoms with van der Waals surface area (Å²) in [5.41, 5.74) is 13.0. The lowest BCUT2D eigenvalue weighted by atomic mass is 9.99. The Labute approximate surface area is 84.1 Å². The second kappa shape index (κ2) is 4.77. The molecule has 76 valence electrons. The Morgan fingerprint density at radius 3 is 2.43 bits per heavy atom. The van der Waals surface area contributed by atoms with Crippen LogP contribution in [0.5, 0.6) is 0 Å². The van der Waals surface area contributed by atoms with Gasteiger partial charge in [0.2, 0.25) is 5.91 Å². The Bertz CT molecular complexity index is 321. The quantitative estimate of drug-likeness (QED) is 0.733. The average Bonchev–Trinajstić information content (AvgIpc) is 2.06. The van der Waals surface area contributed by atoms with E-state index in [1.54, 1.807) is 0 Å². The van der Waals surface area contributed by atoms with Gasteiger partial charge in [0.1, 0.15) is 0 Å². The number of primary amides is 1. The topological polar surface area (TPSA) is 69.1 Å². The summed E-state index contributed by atoms with van der Waals surface area (Å²) in [7, 11) is 0. The minimum Gasteiger partial charge on any atom is -0.369 e. The van der Waals surface area contributed by atoms with Crippen LogP contribution in [0.4, 0.5) is 0 Å². The van der Waals surface area contributed by atoms with Gasteiger partial charge in [0.15, 0.2) is 0 Å². The molecule has 0 spiro atoms. The van der Waals surface area contributed by atoms with Crippen molar-refractivity contribution in [3.05, 3.63) is 35.4 Å². The molecule has 1 amide bonds. The highest BCUT2D eigenvalue weighted by Crippen LogP contribution is 2.11. The lowest BCUT2D eigenvalue weighted by Gasteiger charge is -2.09. The van der Waals surface area contributed by atoms with Gasteiger partial charge in [-0.2, -0.15) is 0 Å². The summed E-state index contributed by atoms with van der Waals surface area (Å²) in [6, 6.07) is 7.86. The monoisotopic (exact) mass is 192 g/mol. The van der Waals surface area contributed by atoms with Crippen molar-refractivity contribution in [3.8, 4) is 0 Å². The van der Waals surface area contributed by atoms with E-state index in [1.807, 2.05) is 31.2 Å². The molecular formula is C11H16N2O. The summed E-state index contributed by atoms with van der Waals surface area (Å²) in [4.78, 5) is 10.8. The Kier molecular flexibility index (Phi) is 3.65. The molecule has 1 atom stereocenters. The summed E-state index contributed by atoms with van der Waals surface area (Å²) < 4.78 is 0. The first-order valence-corrected chi connectivity index (χ1v) is 4.70. The molecule has 0 bridgehead atoms. The van der Waals surface area contributed by atoms with Gasteiger partial charge in [-0.05, 0) is 24.5 Å². The first kappa shape index (κ1) is 10.7. The van der Waals surface area contributed by atoms with Crippen LogP contribution < -0.4 is 11.5 Å². The van der Waals surface area contributed by atoms with Gasteiger partial charge in [0.05, 0.1) is 6.42 Å². The van der Waals surface area contributed by atoms with Gasteiger partial charge in [-0.3, -0.25) is 4.79 Å². The fraction of sp³-hybridized carbons (Fsp3) is 0.364. The van der Waals surface area contributed by atoms with Crippen molar-refractivity contribution in [3.63, 3.8) is 0 Å². The molecule has 1 rings (SSSR count). The van der Waals surface area contributed by atoms with Crippen molar-refractivity contribution in [1.82, 2.24) is 0 Å². The Morgan fingerprint density at radius 1 is 1.36 bits per heavy atom. The maximum Gasteiger partial charge on any atom is 0.221 e. The smallest absolute Gasteiger partial charge is 0.221 e. The fourth-order valence-electron chi connectivity index (χ4n) is 1.46. The molecule has 1 aromatic rings. The zero-order chi connectivity index (χ0) is 10.6. The number of carbonyl (C=O) groups excluding carboxylic acids is 1. The van der Waals surface area contributed by atoms with Gasteiger partial charge in [-0.25, -0.2) is 0 Å². The predicted molar refractivity (Wildman–Crippen MR) is 56.7 cm³/mol. The molecular weight excluding hydrogens is 176 g/mol. The van der Waals surface area contributed by atoms with E-state index in [4.69, 9.17) is 11.5 Å². The number of rotatable bonds is 4. The highest BCUT2D eigenvalue weighted by Gasteiger charge is 2.06. The van der Waals surface area contributed by atoms with E-state index in [1.165, 1.54) is 0 Å².